The van der Waals surface area contributed by atoms with E-state index in [0.717, 1.165) is 6.26 Å². The van der Waals surface area contributed by atoms with Crippen molar-refractivity contribution >= 4 is 50.5 Å². The molecular weight excluding hydrogens is 235 g/mol. The van der Waals surface area contributed by atoms with Crippen LogP contribution in [0.2, 0.25) is 0 Å². The van der Waals surface area contributed by atoms with Crippen LogP contribution in [0, 0.1) is 0 Å². The van der Waals surface area contributed by atoms with E-state index in [4.69, 9.17) is 4.55 Å². The third-order valence-electron chi connectivity index (χ3n) is 1.44. The fourth-order valence-electron chi connectivity index (χ4n) is 0.813. The van der Waals surface area contributed by atoms with Crippen LogP contribution >= 0.6 is 0 Å². The van der Waals surface area contributed by atoms with Crippen LogP contribution in [0.5, 0.6) is 0 Å². The number of hydrogen-bond acceptors (Lipinski definition) is 3. The van der Waals surface area contributed by atoms with Crippen molar-refractivity contribution in [3.05, 3.63) is 24.3 Å². The smallest absolute Gasteiger partial charge is 0.186 e. The molecule has 7 heteroatoms. The molecule has 1 N–H and O–H groups in total. The summed E-state index contributed by atoms with van der Waals surface area (Å²) >= 11 is -2.14. The Hall–Kier alpha value is 0.280. The average Bonchev–Trinajstić information content (AvgIpc) is 2.03. The fraction of sp³-hybridized carbons (Fsp3) is 0.143. The second-order valence-electron chi connectivity index (χ2n) is 2.50. The minimum absolute atomic E-state index is 0. The molecule has 0 aliphatic rings. The van der Waals surface area contributed by atoms with Crippen LogP contribution in [0.25, 0.3) is 0 Å². The Labute approximate surface area is 107 Å². The van der Waals surface area contributed by atoms with E-state index < -0.39 is 20.9 Å². The van der Waals surface area contributed by atoms with Gasteiger partial charge in [0.05, 0.1) is 9.79 Å². The van der Waals surface area contributed by atoms with Gasteiger partial charge >= 0.3 is 0 Å². The van der Waals surface area contributed by atoms with Crippen molar-refractivity contribution in [1.29, 1.82) is 0 Å². The SMILES string of the molecule is CS(=O)(=O)c1cccc(S(=O)O)c1.[Na]. The van der Waals surface area contributed by atoms with Gasteiger partial charge in [0.2, 0.25) is 0 Å². The van der Waals surface area contributed by atoms with Crippen LogP contribution in [0.15, 0.2) is 34.1 Å². The Morgan fingerprint density at radius 2 is 1.93 bits per heavy atom. The first-order chi connectivity index (χ1) is 5.91. The fourth-order valence-corrected chi connectivity index (χ4v) is 1.98. The van der Waals surface area contributed by atoms with E-state index in [1.54, 1.807) is 0 Å². The molecular formula is C7H8NaO4S2. The predicted octanol–water partition coefficient (Wildman–Crippen LogP) is 0.290. The molecule has 1 rings (SSSR count). The molecule has 0 spiro atoms. The Morgan fingerprint density at radius 3 is 2.36 bits per heavy atom. The average molecular weight is 243 g/mol. The third kappa shape index (κ3) is 3.80. The van der Waals surface area contributed by atoms with Gasteiger partial charge in [0.15, 0.2) is 20.9 Å². The maximum Gasteiger partial charge on any atom is 0.186 e. The van der Waals surface area contributed by atoms with Gasteiger partial charge in [-0.25, -0.2) is 12.6 Å². The second-order valence-corrected chi connectivity index (χ2v) is 5.48. The van der Waals surface area contributed by atoms with Crippen molar-refractivity contribution in [2.45, 2.75) is 9.79 Å². The van der Waals surface area contributed by atoms with E-state index in [9.17, 15) is 12.6 Å². The number of benzene rings is 1. The summed E-state index contributed by atoms with van der Waals surface area (Å²) in [6.45, 7) is 0. The Kier molecular flexibility index (Phi) is 5.50. The van der Waals surface area contributed by atoms with E-state index in [2.05, 4.69) is 0 Å². The molecule has 0 fully saturated rings. The molecule has 0 saturated carbocycles. The molecule has 0 heterocycles. The zero-order valence-corrected chi connectivity index (χ0v) is 11.4. The molecule has 1 aromatic rings. The van der Waals surface area contributed by atoms with Crippen molar-refractivity contribution in [2.24, 2.45) is 0 Å². The van der Waals surface area contributed by atoms with E-state index in [-0.39, 0.29) is 39.3 Å². The summed E-state index contributed by atoms with van der Waals surface area (Å²) in [4.78, 5) is 0.135. The first kappa shape index (κ1) is 14.3. The quantitative estimate of drug-likeness (QED) is 0.598. The maximum absolute atomic E-state index is 11.0. The Balaban J connectivity index is 0.00000169. The van der Waals surface area contributed by atoms with Crippen LogP contribution in [0.1, 0.15) is 0 Å². The monoisotopic (exact) mass is 243 g/mol. The summed E-state index contributed by atoms with van der Waals surface area (Å²) in [7, 11) is -3.30. The van der Waals surface area contributed by atoms with Gasteiger partial charge in [-0.15, -0.1) is 0 Å². The maximum atomic E-state index is 11.0. The van der Waals surface area contributed by atoms with Gasteiger partial charge in [0.25, 0.3) is 0 Å². The van der Waals surface area contributed by atoms with E-state index in [1.807, 2.05) is 0 Å². The van der Waals surface area contributed by atoms with Crippen LogP contribution in [-0.4, -0.2) is 53.0 Å². The molecule has 0 bridgehead atoms. The summed E-state index contributed by atoms with van der Waals surface area (Å²) < 4.78 is 41.3. The van der Waals surface area contributed by atoms with E-state index >= 15 is 0 Å². The van der Waals surface area contributed by atoms with Gasteiger partial charge in [-0.2, -0.15) is 0 Å². The van der Waals surface area contributed by atoms with Crippen LogP contribution in [0.3, 0.4) is 0 Å². The molecule has 0 aliphatic carbocycles. The normalized spacial score (nSPS) is 13.0. The summed E-state index contributed by atoms with van der Waals surface area (Å²) in [6.07, 6.45) is 1.05. The molecule has 14 heavy (non-hydrogen) atoms. The van der Waals surface area contributed by atoms with Crippen molar-refractivity contribution in [3.8, 4) is 0 Å². The van der Waals surface area contributed by atoms with E-state index in [0.29, 0.717) is 0 Å². The summed E-state index contributed by atoms with van der Waals surface area (Å²) in [5.41, 5.74) is 0. The minimum atomic E-state index is -3.30. The minimum Gasteiger partial charge on any atom is -0.302 e. The zero-order valence-electron chi connectivity index (χ0n) is 7.80. The van der Waals surface area contributed by atoms with Crippen LogP contribution < -0.4 is 0 Å². The standard InChI is InChI=1S/C7H8O4S2.Na/c1-13(10,11)7-4-2-3-6(5-7)12(8)9;/h2-5H,1H3,(H,8,9);. The first-order valence-corrected chi connectivity index (χ1v) is 6.32. The van der Waals surface area contributed by atoms with Crippen molar-refractivity contribution in [3.63, 3.8) is 0 Å². The molecule has 1 atom stereocenters. The summed E-state index contributed by atoms with van der Waals surface area (Å²) in [6, 6.07) is 5.39. The molecule has 1 unspecified atom stereocenters. The molecule has 1 radical (unpaired) electrons. The second kappa shape index (κ2) is 5.39. The topological polar surface area (TPSA) is 71.4 Å². The molecule has 0 saturated heterocycles. The van der Waals surface area contributed by atoms with Crippen molar-refractivity contribution < 1.29 is 17.2 Å². The molecule has 1 aromatic carbocycles. The van der Waals surface area contributed by atoms with Gasteiger partial charge in [0.1, 0.15) is 0 Å². The Morgan fingerprint density at radius 1 is 1.36 bits per heavy atom. The third-order valence-corrected chi connectivity index (χ3v) is 3.20. The van der Waals surface area contributed by atoms with E-state index in [1.165, 1.54) is 24.3 Å². The molecule has 0 aromatic heterocycles. The molecule has 0 amide bonds. The number of rotatable bonds is 2. The van der Waals surface area contributed by atoms with Gasteiger partial charge in [0, 0.05) is 35.8 Å². The molecule has 4 nitrogen and oxygen atoms in total. The predicted molar refractivity (Wildman–Crippen MR) is 54.3 cm³/mol. The molecule has 73 valence electrons. The zero-order chi connectivity index (χ0) is 10.1. The largest absolute Gasteiger partial charge is 0.302 e. The van der Waals surface area contributed by atoms with Crippen molar-refractivity contribution in [2.75, 3.05) is 6.26 Å². The van der Waals surface area contributed by atoms with Crippen LogP contribution in [0.4, 0.5) is 0 Å². The van der Waals surface area contributed by atoms with Gasteiger partial charge in [-0.3, -0.25) is 0 Å². The number of sulfone groups is 1. The first-order valence-electron chi connectivity index (χ1n) is 3.32. The van der Waals surface area contributed by atoms with Crippen LogP contribution in [-0.2, 0) is 20.9 Å². The van der Waals surface area contributed by atoms with Gasteiger partial charge in [-0.05, 0) is 18.2 Å². The van der Waals surface area contributed by atoms with Gasteiger partial charge in [-0.1, -0.05) is 6.07 Å². The molecule has 0 aliphatic heterocycles. The summed E-state index contributed by atoms with van der Waals surface area (Å²) in [5, 5.41) is 0. The number of hydrogen-bond donors (Lipinski definition) is 1. The van der Waals surface area contributed by atoms with Gasteiger partial charge < -0.3 is 4.55 Å². The van der Waals surface area contributed by atoms with Crippen molar-refractivity contribution in [1.82, 2.24) is 0 Å². The summed E-state index contributed by atoms with van der Waals surface area (Å²) in [5.74, 6) is 0. The Bertz CT molecular complexity index is 441.